The number of carbonyl (C=O) groups excluding carboxylic acids is 2. The largest absolute Gasteiger partial charge is 0.325 e. The fourth-order valence-corrected chi connectivity index (χ4v) is 2.39. The second kappa shape index (κ2) is 5.02. The normalized spacial score (nSPS) is 14.8. The molecule has 5 heteroatoms. The number of thioether (sulfide) groups is 1. The number of hydrogen-bond donors (Lipinski definition) is 0. The van der Waals surface area contributed by atoms with Crippen molar-refractivity contribution in [3.8, 4) is 6.07 Å². The summed E-state index contributed by atoms with van der Waals surface area (Å²) in [5.41, 5.74) is 1.06. The van der Waals surface area contributed by atoms with Gasteiger partial charge in [-0.3, -0.25) is 9.59 Å². The molecule has 1 amide bonds. The van der Waals surface area contributed by atoms with Crippen LogP contribution in [0.25, 0.3) is 0 Å². The van der Waals surface area contributed by atoms with Gasteiger partial charge in [0.2, 0.25) is 0 Å². The molecular formula is C12H10N2O2S. The fourth-order valence-electron chi connectivity index (χ4n) is 1.56. The topological polar surface area (TPSA) is 61.2 Å². The third-order valence-corrected chi connectivity index (χ3v) is 3.41. The number of nitriles is 1. The van der Waals surface area contributed by atoms with Crippen LogP contribution in [-0.2, 0) is 0 Å². The Balaban J connectivity index is 2.04. The van der Waals surface area contributed by atoms with Gasteiger partial charge in [-0.15, -0.1) is 0 Å². The highest BCUT2D eigenvalue weighted by Crippen LogP contribution is 2.17. The van der Waals surface area contributed by atoms with Crippen molar-refractivity contribution < 1.29 is 9.59 Å². The average molecular weight is 246 g/mol. The molecule has 86 valence electrons. The second-order valence-corrected chi connectivity index (χ2v) is 4.69. The van der Waals surface area contributed by atoms with Crippen molar-refractivity contribution in [3.05, 3.63) is 35.4 Å². The van der Waals surface area contributed by atoms with Crippen molar-refractivity contribution in [1.82, 2.24) is 4.90 Å². The second-order valence-electron chi connectivity index (χ2n) is 3.65. The van der Waals surface area contributed by atoms with E-state index in [1.807, 2.05) is 6.07 Å². The molecule has 1 aromatic carbocycles. The van der Waals surface area contributed by atoms with Gasteiger partial charge in [0.1, 0.15) is 0 Å². The van der Waals surface area contributed by atoms with Crippen molar-refractivity contribution in [1.29, 1.82) is 5.26 Å². The van der Waals surface area contributed by atoms with E-state index in [9.17, 15) is 9.59 Å². The number of carbonyl (C=O) groups is 2. The molecule has 0 radical (unpaired) electrons. The Hall–Kier alpha value is -1.80. The van der Waals surface area contributed by atoms with Crippen LogP contribution in [0, 0.1) is 11.3 Å². The predicted molar refractivity (Wildman–Crippen MR) is 64.9 cm³/mol. The minimum Gasteiger partial charge on any atom is -0.325 e. The monoisotopic (exact) mass is 246 g/mol. The molecule has 0 unspecified atom stereocenters. The molecule has 1 fully saturated rings. The number of amides is 1. The first-order chi connectivity index (χ1) is 8.20. The molecule has 1 aromatic rings. The maximum atomic E-state index is 11.9. The highest BCUT2D eigenvalue weighted by Gasteiger charge is 2.23. The molecular weight excluding hydrogens is 236 g/mol. The first-order valence-electron chi connectivity index (χ1n) is 5.16. The standard InChI is InChI=1S/C12H10N2O2S/c13-7-9-1-3-10(4-2-9)11(15)8-14-5-6-17-12(14)16/h1-4H,5-6,8H2. The van der Waals surface area contributed by atoms with Crippen LogP contribution in [0.2, 0.25) is 0 Å². The van der Waals surface area contributed by atoms with Crippen molar-refractivity contribution in [2.75, 3.05) is 18.8 Å². The van der Waals surface area contributed by atoms with Gasteiger partial charge >= 0.3 is 0 Å². The Kier molecular flexibility index (Phi) is 3.45. The van der Waals surface area contributed by atoms with Gasteiger partial charge in [0.25, 0.3) is 5.24 Å². The summed E-state index contributed by atoms with van der Waals surface area (Å²) in [6.45, 7) is 0.753. The Morgan fingerprint density at radius 2 is 2.12 bits per heavy atom. The Morgan fingerprint density at radius 1 is 1.41 bits per heavy atom. The zero-order valence-electron chi connectivity index (χ0n) is 9.05. The zero-order chi connectivity index (χ0) is 12.3. The Bertz CT molecular complexity index is 490. The molecule has 4 nitrogen and oxygen atoms in total. The van der Waals surface area contributed by atoms with Crippen LogP contribution in [0.1, 0.15) is 15.9 Å². The Morgan fingerprint density at radius 3 is 2.65 bits per heavy atom. The fraction of sp³-hybridized carbons (Fsp3) is 0.250. The van der Waals surface area contributed by atoms with Gasteiger partial charge < -0.3 is 4.90 Å². The number of ketones is 1. The highest BCUT2D eigenvalue weighted by atomic mass is 32.2. The van der Waals surface area contributed by atoms with E-state index >= 15 is 0 Å². The first-order valence-corrected chi connectivity index (χ1v) is 6.14. The molecule has 0 aliphatic carbocycles. The summed E-state index contributed by atoms with van der Waals surface area (Å²) in [5.74, 6) is 0.657. The quantitative estimate of drug-likeness (QED) is 0.764. The van der Waals surface area contributed by atoms with E-state index in [0.29, 0.717) is 17.7 Å². The summed E-state index contributed by atoms with van der Waals surface area (Å²) < 4.78 is 0. The van der Waals surface area contributed by atoms with E-state index in [0.717, 1.165) is 5.75 Å². The average Bonchev–Trinajstić information content (AvgIpc) is 2.75. The lowest BCUT2D eigenvalue weighted by Gasteiger charge is -2.12. The van der Waals surface area contributed by atoms with Crippen LogP contribution in [0.3, 0.4) is 0 Å². The third kappa shape index (κ3) is 2.66. The smallest absolute Gasteiger partial charge is 0.282 e. The number of rotatable bonds is 3. The molecule has 17 heavy (non-hydrogen) atoms. The Labute approximate surface area is 103 Å². The van der Waals surface area contributed by atoms with Crippen molar-refractivity contribution >= 4 is 22.8 Å². The van der Waals surface area contributed by atoms with Gasteiger partial charge in [-0.2, -0.15) is 5.26 Å². The van der Waals surface area contributed by atoms with Gasteiger partial charge in [0.15, 0.2) is 5.78 Å². The molecule has 1 aliphatic heterocycles. The minimum atomic E-state index is -0.0923. The van der Waals surface area contributed by atoms with Crippen LogP contribution in [0.5, 0.6) is 0 Å². The van der Waals surface area contributed by atoms with Crippen LogP contribution < -0.4 is 0 Å². The summed E-state index contributed by atoms with van der Waals surface area (Å²) >= 11 is 1.24. The summed E-state index contributed by atoms with van der Waals surface area (Å²) in [6.07, 6.45) is 0. The summed E-state index contributed by atoms with van der Waals surface area (Å²) in [4.78, 5) is 24.7. The lowest BCUT2D eigenvalue weighted by atomic mass is 10.1. The summed E-state index contributed by atoms with van der Waals surface area (Å²) in [6, 6.07) is 8.44. The van der Waals surface area contributed by atoms with Crippen molar-refractivity contribution in [2.24, 2.45) is 0 Å². The molecule has 0 spiro atoms. The van der Waals surface area contributed by atoms with Gasteiger partial charge in [-0.1, -0.05) is 23.9 Å². The van der Waals surface area contributed by atoms with Crippen LogP contribution in [-0.4, -0.2) is 34.8 Å². The van der Waals surface area contributed by atoms with E-state index in [4.69, 9.17) is 5.26 Å². The molecule has 0 saturated carbocycles. The minimum absolute atomic E-state index is 0.0352. The van der Waals surface area contributed by atoms with Gasteiger partial charge in [-0.25, -0.2) is 0 Å². The molecule has 0 bridgehead atoms. The van der Waals surface area contributed by atoms with Crippen LogP contribution in [0.15, 0.2) is 24.3 Å². The maximum Gasteiger partial charge on any atom is 0.282 e. The maximum absolute atomic E-state index is 11.9. The predicted octanol–water partition coefficient (Wildman–Crippen LogP) is 1.91. The van der Waals surface area contributed by atoms with E-state index in [1.54, 1.807) is 29.2 Å². The molecule has 0 N–H and O–H groups in total. The van der Waals surface area contributed by atoms with Crippen molar-refractivity contribution in [3.63, 3.8) is 0 Å². The van der Waals surface area contributed by atoms with E-state index in [-0.39, 0.29) is 17.6 Å². The lowest BCUT2D eigenvalue weighted by molar-refractivity contribution is 0.0956. The van der Waals surface area contributed by atoms with Gasteiger partial charge in [0.05, 0.1) is 18.2 Å². The van der Waals surface area contributed by atoms with Gasteiger partial charge in [-0.05, 0) is 12.1 Å². The molecule has 2 rings (SSSR count). The van der Waals surface area contributed by atoms with Crippen LogP contribution in [0.4, 0.5) is 4.79 Å². The number of benzene rings is 1. The third-order valence-electron chi connectivity index (χ3n) is 2.52. The molecule has 1 aliphatic rings. The molecule has 1 saturated heterocycles. The number of nitrogens with zero attached hydrogens (tertiary/aromatic N) is 2. The van der Waals surface area contributed by atoms with Gasteiger partial charge in [0, 0.05) is 17.9 Å². The molecule has 0 aromatic heterocycles. The first kappa shape index (κ1) is 11.7. The lowest BCUT2D eigenvalue weighted by Crippen LogP contribution is -2.29. The highest BCUT2D eigenvalue weighted by molar-refractivity contribution is 8.13. The van der Waals surface area contributed by atoms with Crippen LogP contribution >= 0.6 is 11.8 Å². The van der Waals surface area contributed by atoms with E-state index in [2.05, 4.69) is 0 Å². The SMILES string of the molecule is N#Cc1ccc(C(=O)CN2CCSC2=O)cc1. The number of Topliss-reactive ketones (excluding diaryl/α,β-unsaturated/α-hetero) is 1. The summed E-state index contributed by atoms with van der Waals surface area (Å²) in [5, 5.41) is 8.61. The van der Waals surface area contributed by atoms with Crippen molar-refractivity contribution in [2.45, 2.75) is 0 Å². The number of hydrogen-bond acceptors (Lipinski definition) is 4. The molecule has 0 atom stereocenters. The zero-order valence-corrected chi connectivity index (χ0v) is 9.87. The van der Waals surface area contributed by atoms with E-state index in [1.165, 1.54) is 11.8 Å². The van der Waals surface area contributed by atoms with E-state index < -0.39 is 0 Å². The molecule has 1 heterocycles. The summed E-state index contributed by atoms with van der Waals surface area (Å²) in [7, 11) is 0.